The number of hydrogen-bond donors (Lipinski definition) is 1. The Kier molecular flexibility index (Phi) is 4.52. The van der Waals surface area contributed by atoms with Gasteiger partial charge in [-0.05, 0) is 26.2 Å². The summed E-state index contributed by atoms with van der Waals surface area (Å²) < 4.78 is 14.1. The molecule has 0 radical (unpaired) electrons. The Morgan fingerprint density at radius 3 is 2.74 bits per heavy atom. The molecule has 0 aliphatic carbocycles. The zero-order valence-corrected chi connectivity index (χ0v) is 12.3. The Morgan fingerprint density at radius 2 is 2.21 bits per heavy atom. The van der Waals surface area contributed by atoms with Crippen LogP contribution in [-0.2, 0) is 6.54 Å². The molecular formula is C13H15ClFN3S. The minimum atomic E-state index is -0.323. The molecule has 2 rings (SSSR count). The lowest BCUT2D eigenvalue weighted by Gasteiger charge is -2.24. The standard InChI is InChI=1S/C13H15ClFN3S/c1-18(2)12(13-17-8(6-16)7-19-13)11-9(14)4-3-5-10(11)15/h3-5,7,12H,6,16H2,1-2H3. The van der Waals surface area contributed by atoms with Gasteiger partial charge in [-0.3, -0.25) is 4.90 Å². The Balaban J connectivity index is 2.51. The number of halogens is 2. The van der Waals surface area contributed by atoms with Crippen LogP contribution in [0.3, 0.4) is 0 Å². The fourth-order valence-electron chi connectivity index (χ4n) is 1.92. The molecule has 3 nitrogen and oxygen atoms in total. The molecule has 19 heavy (non-hydrogen) atoms. The zero-order valence-electron chi connectivity index (χ0n) is 10.7. The molecule has 1 unspecified atom stereocenters. The van der Waals surface area contributed by atoms with Gasteiger partial charge in [0.1, 0.15) is 10.8 Å². The largest absolute Gasteiger partial charge is 0.325 e. The summed E-state index contributed by atoms with van der Waals surface area (Å²) in [4.78, 5) is 6.33. The number of hydrogen-bond acceptors (Lipinski definition) is 4. The number of rotatable bonds is 4. The highest BCUT2D eigenvalue weighted by Crippen LogP contribution is 2.35. The van der Waals surface area contributed by atoms with E-state index >= 15 is 0 Å². The lowest BCUT2D eigenvalue weighted by Crippen LogP contribution is -2.22. The lowest BCUT2D eigenvalue weighted by atomic mass is 10.1. The monoisotopic (exact) mass is 299 g/mol. The van der Waals surface area contributed by atoms with Gasteiger partial charge in [0.2, 0.25) is 0 Å². The highest BCUT2D eigenvalue weighted by Gasteiger charge is 2.25. The van der Waals surface area contributed by atoms with Crippen LogP contribution in [0.25, 0.3) is 0 Å². The molecule has 1 atom stereocenters. The van der Waals surface area contributed by atoms with E-state index in [1.165, 1.54) is 17.4 Å². The molecular weight excluding hydrogens is 285 g/mol. The molecule has 0 fully saturated rings. The van der Waals surface area contributed by atoms with Crippen LogP contribution in [0.5, 0.6) is 0 Å². The summed E-state index contributed by atoms with van der Waals surface area (Å²) in [5.41, 5.74) is 6.82. The summed E-state index contributed by atoms with van der Waals surface area (Å²) in [6.07, 6.45) is 0. The predicted molar refractivity (Wildman–Crippen MR) is 76.9 cm³/mol. The molecule has 0 saturated carbocycles. The molecule has 0 spiro atoms. The fraction of sp³-hybridized carbons (Fsp3) is 0.308. The third-order valence-electron chi connectivity index (χ3n) is 2.80. The first-order valence-electron chi connectivity index (χ1n) is 5.79. The number of nitrogens with zero attached hydrogens (tertiary/aromatic N) is 2. The Bertz CT molecular complexity index is 551. The van der Waals surface area contributed by atoms with Crippen molar-refractivity contribution in [3.05, 3.63) is 50.7 Å². The van der Waals surface area contributed by atoms with Crippen molar-refractivity contribution in [2.24, 2.45) is 5.73 Å². The third kappa shape index (κ3) is 2.95. The molecule has 1 heterocycles. The van der Waals surface area contributed by atoms with Gasteiger partial charge >= 0.3 is 0 Å². The van der Waals surface area contributed by atoms with Crippen molar-refractivity contribution in [3.8, 4) is 0 Å². The fourth-order valence-corrected chi connectivity index (χ4v) is 3.22. The Labute approximate surface area is 120 Å². The second-order valence-electron chi connectivity index (χ2n) is 4.38. The summed E-state index contributed by atoms with van der Waals surface area (Å²) >= 11 is 7.61. The van der Waals surface area contributed by atoms with Crippen molar-refractivity contribution < 1.29 is 4.39 Å². The van der Waals surface area contributed by atoms with Crippen LogP contribution in [0.2, 0.25) is 5.02 Å². The van der Waals surface area contributed by atoms with Crippen molar-refractivity contribution in [2.45, 2.75) is 12.6 Å². The van der Waals surface area contributed by atoms with Gasteiger partial charge in [0.25, 0.3) is 0 Å². The smallest absolute Gasteiger partial charge is 0.129 e. The molecule has 0 amide bonds. The first kappa shape index (κ1) is 14.4. The van der Waals surface area contributed by atoms with Gasteiger partial charge in [-0.25, -0.2) is 9.37 Å². The quantitative estimate of drug-likeness (QED) is 0.943. The highest BCUT2D eigenvalue weighted by atomic mass is 35.5. The second kappa shape index (κ2) is 5.96. The van der Waals surface area contributed by atoms with Gasteiger partial charge in [-0.15, -0.1) is 11.3 Å². The van der Waals surface area contributed by atoms with Crippen LogP contribution in [0.4, 0.5) is 4.39 Å². The molecule has 2 aromatic rings. The maximum Gasteiger partial charge on any atom is 0.129 e. The Morgan fingerprint density at radius 1 is 1.47 bits per heavy atom. The van der Waals surface area contributed by atoms with Crippen LogP contribution in [0.15, 0.2) is 23.6 Å². The summed E-state index contributed by atoms with van der Waals surface area (Å²) in [6.45, 7) is 0.377. The number of thiazole rings is 1. The average Bonchev–Trinajstić information content (AvgIpc) is 2.81. The molecule has 1 aromatic carbocycles. The number of aromatic nitrogens is 1. The van der Waals surface area contributed by atoms with Gasteiger partial charge in [0.15, 0.2) is 0 Å². The second-order valence-corrected chi connectivity index (χ2v) is 5.68. The molecule has 1 aromatic heterocycles. The maximum atomic E-state index is 14.1. The van der Waals surface area contributed by atoms with Crippen molar-refractivity contribution in [2.75, 3.05) is 14.1 Å². The zero-order chi connectivity index (χ0) is 14.0. The minimum absolute atomic E-state index is 0.306. The van der Waals surface area contributed by atoms with Gasteiger partial charge in [-0.1, -0.05) is 17.7 Å². The SMILES string of the molecule is CN(C)C(c1nc(CN)cs1)c1c(F)cccc1Cl. The topological polar surface area (TPSA) is 42.2 Å². The first-order valence-corrected chi connectivity index (χ1v) is 7.05. The van der Waals surface area contributed by atoms with E-state index in [2.05, 4.69) is 4.98 Å². The van der Waals surface area contributed by atoms with E-state index in [1.807, 2.05) is 24.4 Å². The summed E-state index contributed by atoms with van der Waals surface area (Å²) in [5.74, 6) is -0.323. The van der Waals surface area contributed by atoms with Gasteiger partial charge in [-0.2, -0.15) is 0 Å². The molecule has 2 N–H and O–H groups in total. The van der Waals surface area contributed by atoms with E-state index in [4.69, 9.17) is 17.3 Å². The van der Waals surface area contributed by atoms with Crippen molar-refractivity contribution in [1.29, 1.82) is 0 Å². The molecule has 0 bridgehead atoms. The molecule has 102 valence electrons. The van der Waals surface area contributed by atoms with Crippen LogP contribution in [0, 0.1) is 5.82 Å². The van der Waals surface area contributed by atoms with E-state index in [1.54, 1.807) is 12.1 Å². The minimum Gasteiger partial charge on any atom is -0.325 e. The van der Waals surface area contributed by atoms with E-state index in [0.717, 1.165) is 10.7 Å². The van der Waals surface area contributed by atoms with Crippen LogP contribution in [0.1, 0.15) is 22.3 Å². The van der Waals surface area contributed by atoms with E-state index in [-0.39, 0.29) is 11.9 Å². The van der Waals surface area contributed by atoms with E-state index in [0.29, 0.717) is 17.1 Å². The van der Waals surface area contributed by atoms with Crippen LogP contribution >= 0.6 is 22.9 Å². The van der Waals surface area contributed by atoms with Crippen LogP contribution in [-0.4, -0.2) is 24.0 Å². The Hall–Kier alpha value is -1.01. The number of nitrogens with two attached hydrogens (primary N) is 1. The van der Waals surface area contributed by atoms with Crippen molar-refractivity contribution in [1.82, 2.24) is 9.88 Å². The molecule has 0 aliphatic rings. The van der Waals surface area contributed by atoms with Crippen molar-refractivity contribution in [3.63, 3.8) is 0 Å². The summed E-state index contributed by atoms with van der Waals surface area (Å²) in [7, 11) is 3.74. The summed E-state index contributed by atoms with van der Waals surface area (Å²) in [5, 5.41) is 3.08. The molecule has 0 aliphatic heterocycles. The molecule has 0 saturated heterocycles. The highest BCUT2D eigenvalue weighted by molar-refractivity contribution is 7.09. The van der Waals surface area contributed by atoms with Gasteiger partial charge in [0, 0.05) is 22.5 Å². The van der Waals surface area contributed by atoms with Crippen molar-refractivity contribution >= 4 is 22.9 Å². The maximum absolute atomic E-state index is 14.1. The van der Waals surface area contributed by atoms with Gasteiger partial charge in [0.05, 0.1) is 11.7 Å². The van der Waals surface area contributed by atoms with E-state index < -0.39 is 0 Å². The normalized spacial score (nSPS) is 12.9. The van der Waals surface area contributed by atoms with Crippen LogP contribution < -0.4 is 5.73 Å². The number of benzene rings is 1. The summed E-state index contributed by atoms with van der Waals surface area (Å²) in [6, 6.07) is 4.39. The average molecular weight is 300 g/mol. The predicted octanol–water partition coefficient (Wildman–Crippen LogP) is 3.05. The lowest BCUT2D eigenvalue weighted by molar-refractivity contribution is 0.333. The molecule has 6 heteroatoms. The van der Waals surface area contributed by atoms with E-state index in [9.17, 15) is 4.39 Å². The first-order chi connectivity index (χ1) is 9.04. The third-order valence-corrected chi connectivity index (χ3v) is 4.08. The van der Waals surface area contributed by atoms with Gasteiger partial charge < -0.3 is 5.73 Å².